The number of ether oxygens (including phenoxy) is 1. The molecule has 148 valence electrons. The van der Waals surface area contributed by atoms with E-state index in [4.69, 9.17) is 4.74 Å². The lowest BCUT2D eigenvalue weighted by Gasteiger charge is -2.28. The molecular weight excluding hydrogens is 364 g/mol. The summed E-state index contributed by atoms with van der Waals surface area (Å²) in [6.45, 7) is 7.98. The number of aryl methyl sites for hydroxylation is 1. The van der Waals surface area contributed by atoms with Crippen molar-refractivity contribution < 1.29 is 9.53 Å². The van der Waals surface area contributed by atoms with E-state index in [0.717, 1.165) is 22.2 Å². The summed E-state index contributed by atoms with van der Waals surface area (Å²) in [6, 6.07) is -0.00802. The summed E-state index contributed by atoms with van der Waals surface area (Å²) in [7, 11) is 3.59. The zero-order valence-electron chi connectivity index (χ0n) is 16.6. The Hall–Kier alpha value is -2.00. The van der Waals surface area contributed by atoms with Gasteiger partial charge in [-0.1, -0.05) is 13.8 Å². The Morgan fingerprint density at radius 2 is 2.22 bits per heavy atom. The first-order valence-corrected chi connectivity index (χ1v) is 10.0. The molecule has 3 heterocycles. The summed E-state index contributed by atoms with van der Waals surface area (Å²) in [5, 5.41) is 8.58. The number of amides is 1. The van der Waals surface area contributed by atoms with Crippen molar-refractivity contribution in [1.82, 2.24) is 24.0 Å². The van der Waals surface area contributed by atoms with E-state index in [-0.39, 0.29) is 17.9 Å². The van der Waals surface area contributed by atoms with Crippen molar-refractivity contribution in [3.8, 4) is 0 Å². The van der Waals surface area contributed by atoms with Crippen molar-refractivity contribution >= 4 is 22.6 Å². The molecule has 1 aliphatic rings. The highest BCUT2D eigenvalue weighted by molar-refractivity contribution is 7.09. The lowest BCUT2D eigenvalue weighted by molar-refractivity contribution is -0.129. The van der Waals surface area contributed by atoms with E-state index in [2.05, 4.69) is 33.6 Å². The van der Waals surface area contributed by atoms with Crippen molar-refractivity contribution in [2.45, 2.75) is 39.2 Å². The molecule has 8 nitrogen and oxygen atoms in total. The fourth-order valence-corrected chi connectivity index (χ4v) is 4.20. The van der Waals surface area contributed by atoms with Crippen molar-refractivity contribution in [3.63, 3.8) is 0 Å². The zero-order valence-corrected chi connectivity index (χ0v) is 17.4. The Morgan fingerprint density at radius 1 is 1.44 bits per heavy atom. The third-order valence-electron chi connectivity index (χ3n) is 5.14. The molecule has 0 bridgehead atoms. The van der Waals surface area contributed by atoms with Crippen LogP contribution >= 0.6 is 11.5 Å². The maximum atomic E-state index is 12.7. The van der Waals surface area contributed by atoms with Gasteiger partial charge < -0.3 is 15.0 Å². The topological polar surface area (TPSA) is 85.2 Å². The molecule has 0 unspecified atom stereocenters. The lowest BCUT2D eigenvalue weighted by atomic mass is 9.94. The minimum absolute atomic E-state index is 0.00802. The zero-order chi connectivity index (χ0) is 19.6. The normalized spacial score (nSPS) is 20.1. The smallest absolute Gasteiger partial charge is 0.223 e. The number of hydrogen-bond donors (Lipinski definition) is 1. The number of aromatic nitrogens is 4. The van der Waals surface area contributed by atoms with Crippen LogP contribution in [0.3, 0.4) is 0 Å². The highest BCUT2D eigenvalue weighted by atomic mass is 32.1. The number of carbonyl (C=O) groups is 1. The largest absolute Gasteiger partial charge is 0.383 e. The summed E-state index contributed by atoms with van der Waals surface area (Å²) in [4.78, 5) is 19.2. The van der Waals surface area contributed by atoms with Gasteiger partial charge in [-0.25, -0.2) is 4.98 Å². The molecule has 1 saturated heterocycles. The molecule has 1 aliphatic heterocycles. The highest BCUT2D eigenvalue weighted by Crippen LogP contribution is 2.39. The van der Waals surface area contributed by atoms with Crippen LogP contribution in [0.15, 0.2) is 6.20 Å². The van der Waals surface area contributed by atoms with Crippen molar-refractivity contribution in [3.05, 3.63) is 23.3 Å². The molecule has 2 aromatic heterocycles. The van der Waals surface area contributed by atoms with Gasteiger partial charge in [-0.15, -0.1) is 0 Å². The van der Waals surface area contributed by atoms with Gasteiger partial charge in [0.05, 0.1) is 18.8 Å². The number of methoxy groups -OCH3 is 1. The van der Waals surface area contributed by atoms with E-state index >= 15 is 0 Å². The van der Waals surface area contributed by atoms with Crippen LogP contribution in [0.4, 0.5) is 5.13 Å². The average molecular weight is 393 g/mol. The number of anilines is 1. The molecule has 0 saturated carbocycles. The van der Waals surface area contributed by atoms with E-state index < -0.39 is 0 Å². The number of rotatable bonds is 8. The third kappa shape index (κ3) is 4.14. The molecule has 0 radical (unpaired) electrons. The first-order valence-electron chi connectivity index (χ1n) is 9.26. The third-order valence-corrected chi connectivity index (χ3v) is 5.83. The Bertz CT molecular complexity index is 787. The summed E-state index contributed by atoms with van der Waals surface area (Å²) < 4.78 is 11.5. The number of carbonyl (C=O) groups excluding carboxylic acids is 1. The Kier molecular flexibility index (Phi) is 6.11. The predicted octanol–water partition coefficient (Wildman–Crippen LogP) is 2.35. The van der Waals surface area contributed by atoms with E-state index in [1.807, 2.05) is 29.7 Å². The van der Waals surface area contributed by atoms with Crippen LogP contribution < -0.4 is 5.32 Å². The number of nitrogens with zero attached hydrogens (tertiary/aromatic N) is 5. The summed E-state index contributed by atoms with van der Waals surface area (Å²) in [5.74, 6) is 1.46. The minimum Gasteiger partial charge on any atom is -0.383 e. The second-order valence-electron chi connectivity index (χ2n) is 7.29. The van der Waals surface area contributed by atoms with E-state index in [9.17, 15) is 4.79 Å². The summed E-state index contributed by atoms with van der Waals surface area (Å²) in [5.41, 5.74) is 2.19. The standard InChI is InChI=1S/C18H28N6O2S/c1-11(2)17-21-18(27-22-17)19-9-13-8-15(25)24(6-7-26-5)16(13)14-10-20-23(4)12(14)3/h10-11,13,16H,6-9H2,1-5H3,(H,19,21,22)/t13-,16+/m0/s1. The monoisotopic (exact) mass is 392 g/mol. The van der Waals surface area contributed by atoms with Crippen LogP contribution in [0, 0.1) is 12.8 Å². The molecule has 1 amide bonds. The molecule has 1 fully saturated rings. The molecule has 0 aliphatic carbocycles. The van der Waals surface area contributed by atoms with E-state index in [0.29, 0.717) is 32.0 Å². The molecular formula is C18H28N6O2S. The Labute approximate surface area is 164 Å². The fourth-order valence-electron chi connectivity index (χ4n) is 3.49. The van der Waals surface area contributed by atoms with Gasteiger partial charge in [0.25, 0.3) is 0 Å². The Morgan fingerprint density at radius 3 is 2.81 bits per heavy atom. The van der Waals surface area contributed by atoms with Gasteiger partial charge >= 0.3 is 0 Å². The van der Waals surface area contributed by atoms with Crippen LogP contribution in [0.25, 0.3) is 0 Å². The van der Waals surface area contributed by atoms with Gasteiger partial charge in [-0.3, -0.25) is 9.48 Å². The maximum absolute atomic E-state index is 12.7. The summed E-state index contributed by atoms with van der Waals surface area (Å²) in [6.07, 6.45) is 2.39. The van der Waals surface area contributed by atoms with Gasteiger partial charge in [0.15, 0.2) is 0 Å². The van der Waals surface area contributed by atoms with Crippen LogP contribution in [-0.4, -0.2) is 56.8 Å². The summed E-state index contributed by atoms with van der Waals surface area (Å²) >= 11 is 1.37. The molecule has 0 spiro atoms. The maximum Gasteiger partial charge on any atom is 0.223 e. The second kappa shape index (κ2) is 8.35. The molecule has 0 aromatic carbocycles. The van der Waals surface area contributed by atoms with Gasteiger partial charge in [0.2, 0.25) is 11.0 Å². The number of hydrogen-bond acceptors (Lipinski definition) is 7. The van der Waals surface area contributed by atoms with E-state index in [1.165, 1.54) is 11.5 Å². The molecule has 1 N–H and O–H groups in total. The van der Waals surface area contributed by atoms with Crippen molar-refractivity contribution in [1.29, 1.82) is 0 Å². The molecule has 2 atom stereocenters. The molecule has 9 heteroatoms. The lowest BCUT2D eigenvalue weighted by Crippen LogP contribution is -2.33. The first kappa shape index (κ1) is 19.8. The average Bonchev–Trinajstić information content (AvgIpc) is 3.31. The highest BCUT2D eigenvalue weighted by Gasteiger charge is 2.41. The van der Waals surface area contributed by atoms with Crippen molar-refractivity contribution in [2.24, 2.45) is 13.0 Å². The quantitative estimate of drug-likeness (QED) is 0.742. The van der Waals surface area contributed by atoms with Crippen LogP contribution in [0.2, 0.25) is 0 Å². The molecule has 3 rings (SSSR count). The second-order valence-corrected chi connectivity index (χ2v) is 8.04. The number of nitrogens with one attached hydrogen (secondary N) is 1. The number of likely N-dealkylation sites (tertiary alicyclic amines) is 1. The molecule has 27 heavy (non-hydrogen) atoms. The van der Waals surface area contributed by atoms with Gasteiger partial charge in [0.1, 0.15) is 5.82 Å². The van der Waals surface area contributed by atoms with Crippen molar-refractivity contribution in [2.75, 3.05) is 32.1 Å². The fraction of sp³-hybridized carbons (Fsp3) is 0.667. The van der Waals surface area contributed by atoms with E-state index in [1.54, 1.807) is 7.11 Å². The Balaban J connectivity index is 1.78. The SMILES string of the molecule is COCCN1C(=O)C[C@@H](CNc2nc(C(C)C)ns2)[C@@H]1c1cnn(C)c1C. The minimum atomic E-state index is -0.00802. The van der Waals surface area contributed by atoms with Crippen LogP contribution in [-0.2, 0) is 16.6 Å². The van der Waals surface area contributed by atoms with Gasteiger partial charge in [0, 0.05) is 68.3 Å². The molecule has 2 aromatic rings. The van der Waals surface area contributed by atoms with Gasteiger partial charge in [-0.2, -0.15) is 9.47 Å². The van der Waals surface area contributed by atoms with Crippen LogP contribution in [0.5, 0.6) is 0 Å². The predicted molar refractivity (Wildman–Crippen MR) is 105 cm³/mol. The van der Waals surface area contributed by atoms with Gasteiger partial charge in [-0.05, 0) is 6.92 Å². The first-order chi connectivity index (χ1) is 12.9. The van der Waals surface area contributed by atoms with Crippen LogP contribution in [0.1, 0.15) is 49.3 Å².